The van der Waals surface area contributed by atoms with Gasteiger partial charge in [0.25, 0.3) is 0 Å². The molecule has 0 aliphatic carbocycles. The van der Waals surface area contributed by atoms with E-state index >= 15 is 0 Å². The van der Waals surface area contributed by atoms with E-state index in [1.165, 1.54) is 0 Å². The summed E-state index contributed by atoms with van der Waals surface area (Å²) in [5, 5.41) is 3.76. The lowest BCUT2D eigenvalue weighted by Gasteiger charge is -2.12. The van der Waals surface area contributed by atoms with E-state index in [0.29, 0.717) is 28.7 Å². The minimum Gasteiger partial charge on any atom is -0.330 e. The Bertz CT molecular complexity index is 372. The summed E-state index contributed by atoms with van der Waals surface area (Å²) in [7, 11) is 0. The zero-order valence-corrected chi connectivity index (χ0v) is 11.2. The van der Waals surface area contributed by atoms with Gasteiger partial charge in [-0.2, -0.15) is 0 Å². The third kappa shape index (κ3) is 4.94. The van der Waals surface area contributed by atoms with Crippen LogP contribution in [0.5, 0.6) is 0 Å². The Morgan fingerprint density at radius 2 is 1.94 bits per heavy atom. The molecule has 0 spiro atoms. The fraction of sp³-hybridized carbons (Fsp3) is 0.417. The Labute approximate surface area is 111 Å². The lowest BCUT2D eigenvalue weighted by atomic mass is 10.0. The Kier molecular flexibility index (Phi) is 5.75. The largest absolute Gasteiger partial charge is 0.330 e. The van der Waals surface area contributed by atoms with Crippen LogP contribution in [0.4, 0.5) is 5.69 Å². The molecule has 0 bridgehead atoms. The van der Waals surface area contributed by atoms with Crippen molar-refractivity contribution in [3.05, 3.63) is 28.2 Å². The quantitative estimate of drug-likeness (QED) is 0.866. The van der Waals surface area contributed by atoms with Crippen molar-refractivity contribution in [1.29, 1.82) is 0 Å². The van der Waals surface area contributed by atoms with E-state index in [-0.39, 0.29) is 11.8 Å². The van der Waals surface area contributed by atoms with Crippen molar-refractivity contribution in [2.75, 3.05) is 11.9 Å². The number of anilines is 1. The molecule has 3 N–H and O–H groups in total. The van der Waals surface area contributed by atoms with Gasteiger partial charge in [-0.3, -0.25) is 4.79 Å². The molecular weight excluding hydrogens is 259 g/mol. The molecule has 0 aliphatic rings. The maximum Gasteiger partial charge on any atom is 0.224 e. The van der Waals surface area contributed by atoms with Gasteiger partial charge in [0.2, 0.25) is 5.91 Å². The summed E-state index contributed by atoms with van der Waals surface area (Å²) in [6.45, 7) is 2.53. The molecule has 5 heteroatoms. The van der Waals surface area contributed by atoms with Crippen molar-refractivity contribution < 1.29 is 4.79 Å². The molecule has 0 fully saturated rings. The Hall–Kier alpha value is -0.770. The number of rotatable bonds is 5. The van der Waals surface area contributed by atoms with E-state index in [4.69, 9.17) is 28.9 Å². The molecule has 17 heavy (non-hydrogen) atoms. The van der Waals surface area contributed by atoms with E-state index in [1.807, 2.05) is 6.92 Å². The summed E-state index contributed by atoms with van der Waals surface area (Å²) >= 11 is 11.7. The maximum absolute atomic E-state index is 11.7. The first-order valence-corrected chi connectivity index (χ1v) is 6.26. The molecular formula is C12H16Cl2N2O. The fourth-order valence-electron chi connectivity index (χ4n) is 1.49. The second-order valence-electron chi connectivity index (χ2n) is 3.92. The summed E-state index contributed by atoms with van der Waals surface area (Å²) in [5.41, 5.74) is 6.16. The number of amides is 1. The zero-order chi connectivity index (χ0) is 12.8. The van der Waals surface area contributed by atoms with Gasteiger partial charge in [-0.1, -0.05) is 36.5 Å². The minimum absolute atomic E-state index is 0.0689. The Morgan fingerprint density at radius 1 is 1.35 bits per heavy atom. The first-order valence-electron chi connectivity index (χ1n) is 5.51. The number of hydrogen-bond donors (Lipinski definition) is 2. The Balaban J connectivity index is 2.61. The van der Waals surface area contributed by atoms with Gasteiger partial charge in [-0.15, -0.1) is 0 Å². The van der Waals surface area contributed by atoms with Crippen molar-refractivity contribution in [2.45, 2.75) is 19.8 Å². The predicted molar refractivity (Wildman–Crippen MR) is 72.5 cm³/mol. The number of benzene rings is 1. The average molecular weight is 275 g/mol. The summed E-state index contributed by atoms with van der Waals surface area (Å²) in [6, 6.07) is 4.94. The summed E-state index contributed by atoms with van der Waals surface area (Å²) < 4.78 is 0. The van der Waals surface area contributed by atoms with Gasteiger partial charge in [0.1, 0.15) is 0 Å². The van der Waals surface area contributed by atoms with Crippen molar-refractivity contribution in [1.82, 2.24) is 0 Å². The minimum atomic E-state index is -0.0689. The smallest absolute Gasteiger partial charge is 0.224 e. The zero-order valence-electron chi connectivity index (χ0n) is 9.67. The first kappa shape index (κ1) is 14.3. The molecule has 94 valence electrons. The van der Waals surface area contributed by atoms with Gasteiger partial charge in [-0.05, 0) is 30.7 Å². The standard InChI is InChI=1S/C12H16Cl2N2O/c1-2-8(7-15)3-12(17)16-11-5-9(13)4-10(14)6-11/h4-6,8H,2-3,7,15H2,1H3,(H,16,17). The lowest BCUT2D eigenvalue weighted by molar-refractivity contribution is -0.117. The number of halogens is 2. The van der Waals surface area contributed by atoms with E-state index in [0.717, 1.165) is 6.42 Å². The molecule has 0 aliphatic heterocycles. The normalized spacial score (nSPS) is 12.2. The van der Waals surface area contributed by atoms with Gasteiger partial charge in [-0.25, -0.2) is 0 Å². The molecule has 0 saturated carbocycles. The van der Waals surface area contributed by atoms with Crippen LogP contribution >= 0.6 is 23.2 Å². The number of nitrogens with one attached hydrogen (secondary N) is 1. The maximum atomic E-state index is 11.7. The molecule has 1 aromatic carbocycles. The van der Waals surface area contributed by atoms with Crippen LogP contribution < -0.4 is 11.1 Å². The summed E-state index contributed by atoms with van der Waals surface area (Å²) in [6.07, 6.45) is 1.30. The van der Waals surface area contributed by atoms with Gasteiger partial charge in [0.05, 0.1) is 0 Å². The van der Waals surface area contributed by atoms with Gasteiger partial charge in [0.15, 0.2) is 0 Å². The van der Waals surface area contributed by atoms with Crippen molar-refractivity contribution in [3.63, 3.8) is 0 Å². The van der Waals surface area contributed by atoms with Crippen LogP contribution in [0.2, 0.25) is 10.0 Å². The highest BCUT2D eigenvalue weighted by molar-refractivity contribution is 6.35. The SMILES string of the molecule is CCC(CN)CC(=O)Nc1cc(Cl)cc(Cl)c1. The monoisotopic (exact) mass is 274 g/mol. The average Bonchev–Trinajstić information content (AvgIpc) is 2.24. The molecule has 1 unspecified atom stereocenters. The molecule has 1 aromatic rings. The highest BCUT2D eigenvalue weighted by atomic mass is 35.5. The van der Waals surface area contributed by atoms with Gasteiger partial charge < -0.3 is 11.1 Å². The molecule has 1 rings (SSSR count). The van der Waals surface area contributed by atoms with Gasteiger partial charge in [0, 0.05) is 22.2 Å². The predicted octanol–water partition coefficient (Wildman–Crippen LogP) is 3.31. The second-order valence-corrected chi connectivity index (χ2v) is 4.79. The van der Waals surface area contributed by atoms with Crippen LogP contribution in [0, 0.1) is 5.92 Å². The van der Waals surface area contributed by atoms with Crippen molar-refractivity contribution in [2.24, 2.45) is 11.7 Å². The molecule has 0 saturated heterocycles. The summed E-state index contributed by atoms with van der Waals surface area (Å²) in [5.74, 6) is 0.144. The number of hydrogen-bond acceptors (Lipinski definition) is 2. The number of carbonyl (C=O) groups is 1. The molecule has 3 nitrogen and oxygen atoms in total. The van der Waals surface area contributed by atoms with Crippen LogP contribution in [0.3, 0.4) is 0 Å². The second kappa shape index (κ2) is 6.84. The van der Waals surface area contributed by atoms with E-state index in [9.17, 15) is 4.79 Å². The molecule has 0 aromatic heterocycles. The number of nitrogens with two attached hydrogens (primary N) is 1. The first-order chi connectivity index (χ1) is 8.05. The van der Waals surface area contributed by atoms with E-state index in [1.54, 1.807) is 18.2 Å². The highest BCUT2D eigenvalue weighted by Gasteiger charge is 2.11. The van der Waals surface area contributed by atoms with Gasteiger partial charge >= 0.3 is 0 Å². The van der Waals surface area contributed by atoms with Crippen LogP contribution in [-0.2, 0) is 4.79 Å². The van der Waals surface area contributed by atoms with Crippen molar-refractivity contribution >= 4 is 34.8 Å². The molecule has 0 radical (unpaired) electrons. The number of carbonyl (C=O) groups excluding carboxylic acids is 1. The lowest BCUT2D eigenvalue weighted by Crippen LogP contribution is -2.21. The van der Waals surface area contributed by atoms with E-state index in [2.05, 4.69) is 5.32 Å². The molecule has 1 amide bonds. The molecule has 1 atom stereocenters. The Morgan fingerprint density at radius 3 is 2.41 bits per heavy atom. The van der Waals surface area contributed by atoms with E-state index < -0.39 is 0 Å². The van der Waals surface area contributed by atoms with Crippen LogP contribution in [0.15, 0.2) is 18.2 Å². The topological polar surface area (TPSA) is 55.1 Å². The third-order valence-corrected chi connectivity index (χ3v) is 2.97. The third-order valence-electron chi connectivity index (χ3n) is 2.53. The molecule has 0 heterocycles. The van der Waals surface area contributed by atoms with Crippen molar-refractivity contribution in [3.8, 4) is 0 Å². The summed E-state index contributed by atoms with van der Waals surface area (Å²) in [4.78, 5) is 11.7. The fourth-order valence-corrected chi connectivity index (χ4v) is 2.02. The van der Waals surface area contributed by atoms with Crippen LogP contribution in [0.1, 0.15) is 19.8 Å². The van der Waals surface area contributed by atoms with Crippen LogP contribution in [0.25, 0.3) is 0 Å². The van der Waals surface area contributed by atoms with Crippen LogP contribution in [-0.4, -0.2) is 12.5 Å². The highest BCUT2D eigenvalue weighted by Crippen LogP contribution is 2.22.